The number of benzene rings is 2. The fourth-order valence-electron chi connectivity index (χ4n) is 3.21. The molecule has 0 N–H and O–H groups in total. The van der Waals surface area contributed by atoms with Gasteiger partial charge in [0.1, 0.15) is 0 Å². The summed E-state index contributed by atoms with van der Waals surface area (Å²) >= 11 is 6.31. The van der Waals surface area contributed by atoms with Crippen molar-refractivity contribution in [2.75, 3.05) is 31.1 Å². The molecule has 25 heavy (non-hydrogen) atoms. The highest BCUT2D eigenvalue weighted by molar-refractivity contribution is 6.33. The van der Waals surface area contributed by atoms with E-state index < -0.39 is 0 Å². The maximum Gasteiger partial charge on any atom is 0.167 e. The lowest BCUT2D eigenvalue weighted by Gasteiger charge is -2.36. The first-order valence-electron chi connectivity index (χ1n) is 8.52. The van der Waals surface area contributed by atoms with Gasteiger partial charge in [0.2, 0.25) is 0 Å². The Morgan fingerprint density at radius 1 is 0.920 bits per heavy atom. The van der Waals surface area contributed by atoms with Crippen LogP contribution >= 0.6 is 11.6 Å². The summed E-state index contributed by atoms with van der Waals surface area (Å²) in [4.78, 5) is 4.75. The van der Waals surface area contributed by atoms with E-state index in [1.807, 2.05) is 54.6 Å². The van der Waals surface area contributed by atoms with Gasteiger partial charge in [-0.15, -0.1) is 0 Å². The van der Waals surface area contributed by atoms with Crippen molar-refractivity contribution in [3.8, 4) is 11.3 Å². The normalized spacial score (nSPS) is 15.5. The number of nitrogens with zero attached hydrogens (tertiary/aromatic N) is 3. The van der Waals surface area contributed by atoms with Gasteiger partial charge in [0.05, 0.1) is 16.4 Å². The van der Waals surface area contributed by atoms with Gasteiger partial charge >= 0.3 is 0 Å². The Morgan fingerprint density at radius 3 is 2.40 bits per heavy atom. The van der Waals surface area contributed by atoms with Gasteiger partial charge in [-0.3, -0.25) is 4.90 Å². The van der Waals surface area contributed by atoms with Crippen LogP contribution in [0.4, 0.5) is 5.69 Å². The van der Waals surface area contributed by atoms with E-state index in [1.165, 1.54) is 0 Å². The van der Waals surface area contributed by atoms with Gasteiger partial charge in [-0.25, -0.2) is 0 Å². The van der Waals surface area contributed by atoms with Crippen LogP contribution in [0, 0.1) is 0 Å². The first-order chi connectivity index (χ1) is 12.3. The smallest absolute Gasteiger partial charge is 0.167 e. The van der Waals surface area contributed by atoms with Crippen molar-refractivity contribution in [1.29, 1.82) is 0 Å². The van der Waals surface area contributed by atoms with Crippen molar-refractivity contribution < 1.29 is 4.52 Å². The topological polar surface area (TPSA) is 32.5 Å². The summed E-state index contributed by atoms with van der Waals surface area (Å²) in [6.07, 6.45) is 0. The lowest BCUT2D eigenvalue weighted by atomic mass is 10.1. The van der Waals surface area contributed by atoms with Crippen LogP contribution in [0.1, 0.15) is 5.69 Å². The maximum absolute atomic E-state index is 6.31. The lowest BCUT2D eigenvalue weighted by Crippen LogP contribution is -2.46. The first kappa shape index (κ1) is 16.2. The Hall–Kier alpha value is -2.30. The molecule has 0 radical (unpaired) electrons. The fourth-order valence-corrected chi connectivity index (χ4v) is 3.46. The summed E-state index contributed by atoms with van der Waals surface area (Å²) in [7, 11) is 0. The van der Waals surface area contributed by atoms with Crippen LogP contribution in [-0.4, -0.2) is 36.2 Å². The predicted molar refractivity (Wildman–Crippen MR) is 101 cm³/mol. The van der Waals surface area contributed by atoms with Crippen LogP contribution in [0.25, 0.3) is 11.3 Å². The Bertz CT molecular complexity index is 826. The Morgan fingerprint density at radius 2 is 1.64 bits per heavy atom. The number of rotatable bonds is 4. The van der Waals surface area contributed by atoms with E-state index in [9.17, 15) is 0 Å². The Labute approximate surface area is 152 Å². The molecule has 1 fully saturated rings. The van der Waals surface area contributed by atoms with Crippen LogP contribution in [-0.2, 0) is 6.54 Å². The minimum absolute atomic E-state index is 0.812. The van der Waals surface area contributed by atoms with Crippen LogP contribution < -0.4 is 4.90 Å². The van der Waals surface area contributed by atoms with Gasteiger partial charge in [0, 0.05) is 44.4 Å². The zero-order valence-corrected chi connectivity index (χ0v) is 14.7. The van der Waals surface area contributed by atoms with Gasteiger partial charge in [-0.2, -0.15) is 0 Å². The van der Waals surface area contributed by atoms with Crippen LogP contribution in [0.2, 0.25) is 5.02 Å². The second-order valence-corrected chi connectivity index (χ2v) is 6.67. The first-order valence-corrected chi connectivity index (χ1v) is 8.90. The molecule has 1 aliphatic heterocycles. The zero-order chi connectivity index (χ0) is 17.1. The highest BCUT2D eigenvalue weighted by atomic mass is 35.5. The van der Waals surface area contributed by atoms with E-state index >= 15 is 0 Å². The van der Waals surface area contributed by atoms with E-state index in [-0.39, 0.29) is 0 Å². The number of anilines is 1. The minimum atomic E-state index is 0.812. The second-order valence-electron chi connectivity index (χ2n) is 6.26. The SMILES string of the molecule is Clc1ccccc1N1CCN(Cc2cc(-c3ccccc3)on2)CC1. The van der Waals surface area contributed by atoms with E-state index in [2.05, 4.69) is 21.0 Å². The molecular formula is C20H20ClN3O. The second kappa shape index (κ2) is 7.30. The van der Waals surface area contributed by atoms with E-state index in [4.69, 9.17) is 16.1 Å². The Balaban J connectivity index is 1.36. The maximum atomic E-state index is 6.31. The molecule has 0 unspecified atom stereocenters. The fraction of sp³-hybridized carbons (Fsp3) is 0.250. The van der Waals surface area contributed by atoms with Gasteiger partial charge in [-0.05, 0) is 12.1 Å². The largest absolute Gasteiger partial charge is 0.368 e. The van der Waals surface area contributed by atoms with Crippen molar-refractivity contribution >= 4 is 17.3 Å². The summed E-state index contributed by atoms with van der Waals surface area (Å²) in [6, 6.07) is 20.2. The van der Waals surface area contributed by atoms with Crippen LogP contribution in [0.15, 0.2) is 65.2 Å². The lowest BCUT2D eigenvalue weighted by molar-refractivity contribution is 0.242. The molecule has 0 atom stereocenters. The molecule has 1 aromatic heterocycles. The molecule has 1 aliphatic rings. The summed E-state index contributed by atoms with van der Waals surface area (Å²) in [5.74, 6) is 0.824. The molecule has 0 aliphatic carbocycles. The third-order valence-corrected chi connectivity index (χ3v) is 4.89. The van der Waals surface area contributed by atoms with Crippen LogP contribution in [0.3, 0.4) is 0 Å². The monoisotopic (exact) mass is 353 g/mol. The summed E-state index contributed by atoms with van der Waals surface area (Å²) in [5.41, 5.74) is 3.16. The molecule has 0 spiro atoms. The molecule has 0 bridgehead atoms. The molecule has 2 aromatic carbocycles. The number of piperazine rings is 1. The quantitative estimate of drug-likeness (QED) is 0.699. The van der Waals surface area contributed by atoms with E-state index in [0.29, 0.717) is 0 Å². The Kier molecular flexibility index (Phi) is 4.72. The summed E-state index contributed by atoms with van der Waals surface area (Å²) in [6.45, 7) is 4.71. The molecule has 128 valence electrons. The third kappa shape index (κ3) is 3.70. The molecule has 4 rings (SSSR count). The van der Waals surface area contributed by atoms with Crippen molar-refractivity contribution in [1.82, 2.24) is 10.1 Å². The number of halogens is 1. The van der Waals surface area contributed by atoms with Crippen molar-refractivity contribution in [3.63, 3.8) is 0 Å². The molecule has 1 saturated heterocycles. The number of hydrogen-bond donors (Lipinski definition) is 0. The van der Waals surface area contributed by atoms with Crippen LogP contribution in [0.5, 0.6) is 0 Å². The van der Waals surface area contributed by atoms with Gasteiger partial charge in [0.25, 0.3) is 0 Å². The summed E-state index contributed by atoms with van der Waals surface area (Å²) in [5, 5.41) is 5.05. The molecule has 3 aromatic rings. The minimum Gasteiger partial charge on any atom is -0.368 e. The van der Waals surface area contributed by atoms with Crippen molar-refractivity contribution in [2.45, 2.75) is 6.54 Å². The summed E-state index contributed by atoms with van der Waals surface area (Å²) < 4.78 is 5.49. The zero-order valence-electron chi connectivity index (χ0n) is 13.9. The molecule has 0 amide bonds. The number of para-hydroxylation sites is 1. The van der Waals surface area contributed by atoms with E-state index in [1.54, 1.807) is 0 Å². The number of hydrogen-bond acceptors (Lipinski definition) is 4. The molecule has 0 saturated carbocycles. The highest BCUT2D eigenvalue weighted by Crippen LogP contribution is 2.26. The average molecular weight is 354 g/mol. The van der Waals surface area contributed by atoms with Gasteiger partial charge in [0.15, 0.2) is 5.76 Å². The number of aromatic nitrogens is 1. The van der Waals surface area contributed by atoms with Crippen molar-refractivity contribution in [3.05, 3.63) is 71.4 Å². The van der Waals surface area contributed by atoms with Gasteiger partial charge in [-0.1, -0.05) is 59.2 Å². The molecule has 2 heterocycles. The van der Waals surface area contributed by atoms with Gasteiger partial charge < -0.3 is 9.42 Å². The molecule has 5 heteroatoms. The standard InChI is InChI=1S/C20H20ClN3O/c21-18-8-4-5-9-19(18)24-12-10-23(11-13-24)15-17-14-20(25-22-17)16-6-2-1-3-7-16/h1-9,14H,10-13,15H2. The predicted octanol–water partition coefficient (Wildman–Crippen LogP) is 4.32. The van der Waals surface area contributed by atoms with Crippen molar-refractivity contribution in [2.24, 2.45) is 0 Å². The third-order valence-electron chi connectivity index (χ3n) is 4.57. The molecular weight excluding hydrogens is 334 g/mol. The molecule has 4 nitrogen and oxygen atoms in total. The average Bonchev–Trinajstić information content (AvgIpc) is 3.12. The highest BCUT2D eigenvalue weighted by Gasteiger charge is 2.20. The van der Waals surface area contributed by atoms with E-state index in [0.717, 1.165) is 60.5 Å².